The zero-order valence-electron chi connectivity index (χ0n) is 13.8. The predicted octanol–water partition coefficient (Wildman–Crippen LogP) is 2.85. The molecule has 126 valence electrons. The van der Waals surface area contributed by atoms with Gasteiger partial charge in [0.05, 0.1) is 6.42 Å². The number of nitrogens with one attached hydrogen (secondary N) is 2. The van der Waals surface area contributed by atoms with E-state index in [1.807, 2.05) is 48.5 Å². The van der Waals surface area contributed by atoms with Crippen LogP contribution < -0.4 is 10.6 Å². The van der Waals surface area contributed by atoms with Crippen LogP contribution in [0.2, 0.25) is 0 Å². The van der Waals surface area contributed by atoms with Crippen molar-refractivity contribution in [3.63, 3.8) is 0 Å². The molecule has 1 aromatic heterocycles. The summed E-state index contributed by atoms with van der Waals surface area (Å²) in [5.74, 6) is -0.0197. The molecular weight excluding hydrogens is 316 g/mol. The van der Waals surface area contributed by atoms with Gasteiger partial charge in [-0.1, -0.05) is 48.5 Å². The molecule has 1 heterocycles. The zero-order valence-corrected chi connectivity index (χ0v) is 13.8. The van der Waals surface area contributed by atoms with Crippen molar-refractivity contribution in [1.82, 2.24) is 9.78 Å². The van der Waals surface area contributed by atoms with Crippen molar-refractivity contribution >= 4 is 23.3 Å². The van der Waals surface area contributed by atoms with Crippen molar-refractivity contribution in [3.8, 4) is 0 Å². The largest absolute Gasteiger partial charge is 0.321 e. The quantitative estimate of drug-likeness (QED) is 0.753. The lowest BCUT2D eigenvalue weighted by atomic mass is 10.1. The normalized spacial score (nSPS) is 10.3. The van der Waals surface area contributed by atoms with Gasteiger partial charge in [0.1, 0.15) is 5.82 Å². The van der Waals surface area contributed by atoms with Gasteiger partial charge in [0, 0.05) is 18.8 Å². The minimum atomic E-state index is -0.328. The van der Waals surface area contributed by atoms with E-state index in [4.69, 9.17) is 0 Å². The Kier molecular flexibility index (Phi) is 4.89. The highest BCUT2D eigenvalue weighted by Gasteiger charge is 2.14. The summed E-state index contributed by atoms with van der Waals surface area (Å²) >= 11 is 0. The zero-order chi connectivity index (χ0) is 17.6. The van der Waals surface area contributed by atoms with Gasteiger partial charge < -0.3 is 10.6 Å². The Morgan fingerprint density at radius 2 is 1.60 bits per heavy atom. The van der Waals surface area contributed by atoms with Crippen LogP contribution >= 0.6 is 0 Å². The number of anilines is 2. The van der Waals surface area contributed by atoms with Crippen LogP contribution in [0.5, 0.6) is 0 Å². The molecule has 0 bridgehead atoms. The molecule has 0 radical (unpaired) electrons. The van der Waals surface area contributed by atoms with E-state index in [0.29, 0.717) is 11.5 Å². The number of benzene rings is 2. The van der Waals surface area contributed by atoms with E-state index in [1.54, 1.807) is 25.2 Å². The summed E-state index contributed by atoms with van der Waals surface area (Å²) < 4.78 is 1.48. The number of carbonyl (C=O) groups excluding carboxylic acids is 2. The summed E-state index contributed by atoms with van der Waals surface area (Å²) in [4.78, 5) is 24.4. The van der Waals surface area contributed by atoms with Gasteiger partial charge in [-0.05, 0) is 17.7 Å². The van der Waals surface area contributed by atoms with E-state index in [9.17, 15) is 9.59 Å². The van der Waals surface area contributed by atoms with Gasteiger partial charge in [-0.25, -0.2) is 0 Å². The highest BCUT2D eigenvalue weighted by molar-refractivity contribution is 6.04. The number of aromatic nitrogens is 2. The monoisotopic (exact) mass is 334 g/mol. The Morgan fingerprint density at radius 3 is 2.28 bits per heavy atom. The lowest BCUT2D eigenvalue weighted by Crippen LogP contribution is -2.16. The molecule has 0 fully saturated rings. The molecule has 0 atom stereocenters. The van der Waals surface area contributed by atoms with Gasteiger partial charge in [-0.2, -0.15) is 5.10 Å². The molecule has 6 heteroatoms. The van der Waals surface area contributed by atoms with E-state index in [2.05, 4.69) is 15.7 Å². The van der Waals surface area contributed by atoms with Gasteiger partial charge in [0.25, 0.3) is 5.91 Å². The van der Waals surface area contributed by atoms with Crippen LogP contribution in [0, 0.1) is 0 Å². The number of hydrogen-bond donors (Lipinski definition) is 2. The van der Waals surface area contributed by atoms with Crippen LogP contribution in [0.15, 0.2) is 66.7 Å². The van der Waals surface area contributed by atoms with Crippen molar-refractivity contribution in [2.45, 2.75) is 6.42 Å². The summed E-state index contributed by atoms with van der Waals surface area (Å²) in [6.45, 7) is 0. The third-order valence-corrected chi connectivity index (χ3v) is 3.62. The first-order valence-electron chi connectivity index (χ1n) is 7.86. The number of nitrogens with zero attached hydrogens (tertiary/aromatic N) is 2. The fraction of sp³-hybridized carbons (Fsp3) is 0.105. The number of rotatable bonds is 5. The maximum Gasteiger partial charge on any atom is 0.276 e. The minimum absolute atomic E-state index is 0.163. The van der Waals surface area contributed by atoms with Gasteiger partial charge >= 0.3 is 0 Å². The molecular formula is C19H18N4O2. The van der Waals surface area contributed by atoms with Crippen LogP contribution in [0.3, 0.4) is 0 Å². The maximum atomic E-state index is 12.3. The second-order valence-corrected chi connectivity index (χ2v) is 5.57. The lowest BCUT2D eigenvalue weighted by Gasteiger charge is -2.04. The van der Waals surface area contributed by atoms with Crippen molar-refractivity contribution in [2.24, 2.45) is 7.05 Å². The third-order valence-electron chi connectivity index (χ3n) is 3.62. The highest BCUT2D eigenvalue weighted by Crippen LogP contribution is 2.13. The van der Waals surface area contributed by atoms with E-state index < -0.39 is 0 Å². The van der Waals surface area contributed by atoms with E-state index in [0.717, 1.165) is 5.56 Å². The highest BCUT2D eigenvalue weighted by atomic mass is 16.2. The van der Waals surface area contributed by atoms with E-state index in [1.165, 1.54) is 4.68 Å². The van der Waals surface area contributed by atoms with Crippen molar-refractivity contribution < 1.29 is 9.59 Å². The summed E-state index contributed by atoms with van der Waals surface area (Å²) in [5, 5.41) is 9.70. The first kappa shape index (κ1) is 16.4. The fourth-order valence-electron chi connectivity index (χ4n) is 2.38. The van der Waals surface area contributed by atoms with Gasteiger partial charge in [-0.3, -0.25) is 14.3 Å². The van der Waals surface area contributed by atoms with Crippen LogP contribution in [0.25, 0.3) is 0 Å². The molecule has 2 N–H and O–H groups in total. The summed E-state index contributed by atoms with van der Waals surface area (Å²) in [6.07, 6.45) is 0.261. The molecule has 3 rings (SSSR count). The first-order chi connectivity index (χ1) is 12.1. The molecule has 0 unspecified atom stereocenters. The van der Waals surface area contributed by atoms with Crippen molar-refractivity contribution in [1.29, 1.82) is 0 Å². The Morgan fingerprint density at radius 1 is 0.960 bits per heavy atom. The summed E-state index contributed by atoms with van der Waals surface area (Å²) in [6, 6.07) is 20.2. The van der Waals surface area contributed by atoms with E-state index in [-0.39, 0.29) is 23.9 Å². The van der Waals surface area contributed by atoms with Gasteiger partial charge in [0.2, 0.25) is 5.91 Å². The molecule has 0 spiro atoms. The predicted molar refractivity (Wildman–Crippen MR) is 96.4 cm³/mol. The molecule has 3 aromatic rings. The van der Waals surface area contributed by atoms with Crippen LogP contribution in [-0.4, -0.2) is 21.6 Å². The van der Waals surface area contributed by atoms with Crippen LogP contribution in [0.1, 0.15) is 16.1 Å². The smallest absolute Gasteiger partial charge is 0.276 e. The molecule has 0 saturated heterocycles. The van der Waals surface area contributed by atoms with Crippen LogP contribution in [0.4, 0.5) is 11.5 Å². The van der Waals surface area contributed by atoms with Gasteiger partial charge in [0.15, 0.2) is 5.69 Å². The maximum absolute atomic E-state index is 12.3. The fourth-order valence-corrected chi connectivity index (χ4v) is 2.38. The Hall–Kier alpha value is -3.41. The molecule has 0 aliphatic carbocycles. The molecule has 0 aliphatic heterocycles. The number of para-hydroxylation sites is 1. The lowest BCUT2D eigenvalue weighted by molar-refractivity contribution is -0.115. The Bertz CT molecular complexity index is 873. The molecule has 0 aliphatic rings. The Labute approximate surface area is 145 Å². The number of hydrogen-bond acceptors (Lipinski definition) is 3. The topological polar surface area (TPSA) is 76.0 Å². The average Bonchev–Trinajstić information content (AvgIpc) is 2.97. The second kappa shape index (κ2) is 7.44. The number of aryl methyl sites for hydroxylation is 1. The van der Waals surface area contributed by atoms with E-state index >= 15 is 0 Å². The molecule has 25 heavy (non-hydrogen) atoms. The molecule has 2 amide bonds. The minimum Gasteiger partial charge on any atom is -0.321 e. The Balaban J connectivity index is 1.65. The third kappa shape index (κ3) is 4.32. The number of carbonyl (C=O) groups is 2. The van der Waals surface area contributed by atoms with Gasteiger partial charge in [-0.15, -0.1) is 0 Å². The SMILES string of the molecule is Cn1nc(C(=O)Nc2ccccc2)cc1NC(=O)Cc1ccccc1. The molecule has 6 nitrogen and oxygen atoms in total. The van der Waals surface area contributed by atoms with Crippen molar-refractivity contribution in [2.75, 3.05) is 10.6 Å². The molecule has 2 aromatic carbocycles. The molecule has 0 saturated carbocycles. The van der Waals surface area contributed by atoms with Crippen molar-refractivity contribution in [3.05, 3.63) is 78.0 Å². The summed E-state index contributed by atoms with van der Waals surface area (Å²) in [7, 11) is 1.68. The standard InChI is InChI=1S/C19H18N4O2/c1-23-17(21-18(24)12-14-8-4-2-5-9-14)13-16(22-23)19(25)20-15-10-6-3-7-11-15/h2-11,13H,12H2,1H3,(H,20,25)(H,21,24). The number of amides is 2. The van der Waals surface area contributed by atoms with Crippen LogP contribution in [-0.2, 0) is 18.3 Å². The average molecular weight is 334 g/mol. The first-order valence-corrected chi connectivity index (χ1v) is 7.86. The summed E-state index contributed by atoms with van der Waals surface area (Å²) in [5.41, 5.74) is 1.85. The second-order valence-electron chi connectivity index (χ2n) is 5.57.